The lowest BCUT2D eigenvalue weighted by atomic mass is 10.1. The largest absolute Gasteiger partial charge is 0.394 e. The predicted octanol–water partition coefficient (Wildman–Crippen LogP) is 7.95. The van der Waals surface area contributed by atoms with E-state index in [1.807, 2.05) is 0 Å². The fourth-order valence-electron chi connectivity index (χ4n) is 5.10. The van der Waals surface area contributed by atoms with E-state index in [1.165, 1.54) is 103 Å². The monoisotopic (exact) mass is 583 g/mol. The van der Waals surface area contributed by atoms with Crippen molar-refractivity contribution in [3.8, 4) is 0 Å². The minimum Gasteiger partial charge on any atom is -0.394 e. The Morgan fingerprint density at radius 2 is 1.22 bits per heavy atom. The van der Waals surface area contributed by atoms with Crippen LogP contribution in [0, 0.1) is 0 Å². The summed E-state index contributed by atoms with van der Waals surface area (Å²) in [4.78, 5) is 14.4. The normalized spacial score (nSPS) is 12.5. The quantitative estimate of drug-likeness (QED) is 0.0540. The lowest BCUT2D eigenvalue weighted by Gasteiger charge is -2.24. The molecule has 0 aromatic heterocycles. The fourth-order valence-corrected chi connectivity index (χ4v) is 5.10. The summed E-state index contributed by atoms with van der Waals surface area (Å²) in [6.45, 7) is 8.58. The number of nitrogens with zero attached hydrogens (tertiary/aromatic N) is 1. The summed E-state index contributed by atoms with van der Waals surface area (Å²) in [6.07, 6.45) is 30.4. The van der Waals surface area contributed by atoms with E-state index in [9.17, 15) is 15.0 Å². The van der Waals surface area contributed by atoms with E-state index in [2.05, 4.69) is 36.2 Å². The van der Waals surface area contributed by atoms with Gasteiger partial charge in [-0.3, -0.25) is 4.79 Å². The molecule has 6 heteroatoms. The number of carbonyl (C=O) groups is 1. The molecule has 1 amide bonds. The number of allylic oxidation sites excluding steroid dienone is 2. The molecule has 1 atom stereocenters. The molecule has 0 saturated heterocycles. The van der Waals surface area contributed by atoms with Crippen molar-refractivity contribution < 1.29 is 19.7 Å². The Kier molecular flexibility index (Phi) is 32.8. The van der Waals surface area contributed by atoms with Gasteiger partial charge in [-0.05, 0) is 57.9 Å². The van der Waals surface area contributed by atoms with Crippen molar-refractivity contribution in [3.05, 3.63) is 12.2 Å². The number of unbranched alkanes of at least 4 members (excludes halogenated alkanes) is 16. The minimum atomic E-state index is -0.727. The zero-order chi connectivity index (χ0) is 30.1. The van der Waals surface area contributed by atoms with Crippen molar-refractivity contribution in [1.82, 2.24) is 10.2 Å². The summed E-state index contributed by atoms with van der Waals surface area (Å²) in [5, 5.41) is 22.2. The zero-order valence-electron chi connectivity index (χ0n) is 27.4. The van der Waals surface area contributed by atoms with Crippen molar-refractivity contribution in [1.29, 1.82) is 0 Å². The van der Waals surface area contributed by atoms with Crippen molar-refractivity contribution in [2.45, 2.75) is 161 Å². The average molecular weight is 583 g/mol. The third-order valence-corrected chi connectivity index (χ3v) is 7.72. The van der Waals surface area contributed by atoms with Crippen LogP contribution in [-0.4, -0.2) is 73.1 Å². The Morgan fingerprint density at radius 1 is 0.707 bits per heavy atom. The Morgan fingerprint density at radius 3 is 1.85 bits per heavy atom. The van der Waals surface area contributed by atoms with E-state index in [4.69, 9.17) is 4.74 Å². The lowest BCUT2D eigenvalue weighted by Crippen LogP contribution is -2.37. The number of hydrogen-bond donors (Lipinski definition) is 3. The number of amides is 1. The molecule has 0 aromatic carbocycles. The van der Waals surface area contributed by atoms with Gasteiger partial charge in [0.2, 0.25) is 5.91 Å². The van der Waals surface area contributed by atoms with Crippen LogP contribution in [-0.2, 0) is 9.53 Å². The van der Waals surface area contributed by atoms with Gasteiger partial charge in [-0.2, -0.15) is 0 Å². The molecular formula is C35H70N2O4. The minimum absolute atomic E-state index is 0.146. The van der Waals surface area contributed by atoms with Gasteiger partial charge < -0.3 is 25.2 Å². The molecule has 244 valence electrons. The third-order valence-electron chi connectivity index (χ3n) is 7.72. The van der Waals surface area contributed by atoms with Gasteiger partial charge in [0.05, 0.1) is 12.7 Å². The number of carbonyl (C=O) groups excluding carboxylic acids is 1. The van der Waals surface area contributed by atoms with Crippen LogP contribution in [0.15, 0.2) is 12.2 Å². The summed E-state index contributed by atoms with van der Waals surface area (Å²) in [5.74, 6) is 0.146. The van der Waals surface area contributed by atoms with Gasteiger partial charge in [0.25, 0.3) is 0 Å². The second-order valence-electron chi connectivity index (χ2n) is 11.9. The number of ether oxygens (including phenoxy) is 1. The van der Waals surface area contributed by atoms with Gasteiger partial charge >= 0.3 is 0 Å². The molecule has 0 aliphatic heterocycles. The first kappa shape index (κ1) is 40.1. The number of aliphatic hydroxyl groups is 2. The maximum atomic E-state index is 12.2. The number of hydrogen-bond acceptors (Lipinski definition) is 5. The SMILES string of the molecule is CCCCCC/C=C\CCCCCCCC(=O)NCCCN(CCCOCCCCCCCCCC)CC(O)CO. The summed E-state index contributed by atoms with van der Waals surface area (Å²) in [7, 11) is 0. The Balaban J connectivity index is 3.72. The second-order valence-corrected chi connectivity index (χ2v) is 11.9. The standard InChI is InChI=1S/C35H70N2O4/c1-3-5-7-9-11-13-14-15-16-17-18-20-22-26-35(40)36-27-24-28-37(32-34(39)33-38)29-25-31-41-30-23-21-19-12-10-8-6-4-2/h13-14,34,38-39H,3-12,15-33H2,1-2H3,(H,36,40)/b14-13-. The Bertz CT molecular complexity index is 558. The highest BCUT2D eigenvalue weighted by atomic mass is 16.5. The van der Waals surface area contributed by atoms with Gasteiger partial charge in [-0.1, -0.05) is 109 Å². The zero-order valence-corrected chi connectivity index (χ0v) is 27.4. The first-order chi connectivity index (χ1) is 20.1. The highest BCUT2D eigenvalue weighted by Gasteiger charge is 2.11. The average Bonchev–Trinajstić information content (AvgIpc) is 2.97. The van der Waals surface area contributed by atoms with Gasteiger partial charge in [0.1, 0.15) is 0 Å². The molecule has 3 N–H and O–H groups in total. The molecule has 0 saturated carbocycles. The van der Waals surface area contributed by atoms with E-state index in [1.54, 1.807) is 0 Å². The molecule has 41 heavy (non-hydrogen) atoms. The van der Waals surface area contributed by atoms with Gasteiger partial charge in [-0.15, -0.1) is 0 Å². The maximum Gasteiger partial charge on any atom is 0.219 e. The smallest absolute Gasteiger partial charge is 0.219 e. The highest BCUT2D eigenvalue weighted by molar-refractivity contribution is 5.75. The number of aliphatic hydroxyl groups excluding tert-OH is 2. The summed E-state index contributed by atoms with van der Waals surface area (Å²) in [5.41, 5.74) is 0. The second kappa shape index (κ2) is 33.6. The van der Waals surface area contributed by atoms with Crippen molar-refractivity contribution >= 4 is 5.91 Å². The Labute approximate surface area is 255 Å². The maximum absolute atomic E-state index is 12.2. The van der Waals surface area contributed by atoms with E-state index in [0.717, 1.165) is 58.4 Å². The Hall–Kier alpha value is -0.950. The molecule has 0 radical (unpaired) electrons. The first-order valence-corrected chi connectivity index (χ1v) is 17.6. The molecule has 6 nitrogen and oxygen atoms in total. The molecule has 0 aromatic rings. The van der Waals surface area contributed by atoms with Gasteiger partial charge in [0.15, 0.2) is 0 Å². The van der Waals surface area contributed by atoms with Crippen molar-refractivity contribution in [3.63, 3.8) is 0 Å². The van der Waals surface area contributed by atoms with E-state index < -0.39 is 6.10 Å². The summed E-state index contributed by atoms with van der Waals surface area (Å²) >= 11 is 0. The summed E-state index contributed by atoms with van der Waals surface area (Å²) in [6, 6.07) is 0. The molecule has 0 heterocycles. The topological polar surface area (TPSA) is 82.0 Å². The predicted molar refractivity (Wildman–Crippen MR) is 175 cm³/mol. The van der Waals surface area contributed by atoms with E-state index >= 15 is 0 Å². The van der Waals surface area contributed by atoms with Gasteiger partial charge in [-0.25, -0.2) is 0 Å². The van der Waals surface area contributed by atoms with Crippen LogP contribution in [0.25, 0.3) is 0 Å². The van der Waals surface area contributed by atoms with Crippen LogP contribution >= 0.6 is 0 Å². The first-order valence-electron chi connectivity index (χ1n) is 17.6. The van der Waals surface area contributed by atoms with Crippen molar-refractivity contribution in [2.75, 3.05) is 46.0 Å². The van der Waals surface area contributed by atoms with Crippen molar-refractivity contribution in [2.24, 2.45) is 0 Å². The third kappa shape index (κ3) is 31.8. The number of rotatable bonds is 33. The molecule has 1 unspecified atom stereocenters. The molecule has 0 spiro atoms. The fraction of sp³-hybridized carbons (Fsp3) is 0.914. The molecular weight excluding hydrogens is 512 g/mol. The molecule has 0 aliphatic carbocycles. The lowest BCUT2D eigenvalue weighted by molar-refractivity contribution is -0.121. The molecule has 0 fully saturated rings. The van der Waals surface area contributed by atoms with Crippen LogP contribution in [0.4, 0.5) is 0 Å². The van der Waals surface area contributed by atoms with E-state index in [0.29, 0.717) is 19.5 Å². The van der Waals surface area contributed by atoms with E-state index in [-0.39, 0.29) is 12.5 Å². The summed E-state index contributed by atoms with van der Waals surface area (Å²) < 4.78 is 5.82. The van der Waals surface area contributed by atoms with Crippen LogP contribution in [0.2, 0.25) is 0 Å². The molecule has 0 rings (SSSR count). The van der Waals surface area contributed by atoms with Gasteiger partial charge in [0, 0.05) is 39.3 Å². The van der Waals surface area contributed by atoms with Crippen LogP contribution < -0.4 is 5.32 Å². The molecule has 0 aliphatic rings. The van der Waals surface area contributed by atoms with Crippen LogP contribution in [0.1, 0.15) is 155 Å². The molecule has 0 bridgehead atoms. The van der Waals surface area contributed by atoms with Crippen LogP contribution in [0.3, 0.4) is 0 Å². The number of nitrogens with one attached hydrogen (secondary N) is 1. The highest BCUT2D eigenvalue weighted by Crippen LogP contribution is 2.10. The van der Waals surface area contributed by atoms with Crippen LogP contribution in [0.5, 0.6) is 0 Å².